The molecule has 0 bridgehead atoms. The van der Waals surface area contributed by atoms with E-state index in [9.17, 15) is 26.8 Å². The number of hydrogen-bond donors (Lipinski definition) is 1. The van der Waals surface area contributed by atoms with Gasteiger partial charge in [0.05, 0.1) is 11.9 Å². The normalized spacial score (nSPS) is 15.0. The van der Waals surface area contributed by atoms with Crippen LogP contribution in [0.25, 0.3) is 0 Å². The molecule has 2 amide bonds. The van der Waals surface area contributed by atoms with Gasteiger partial charge in [0.1, 0.15) is 12.6 Å². The Labute approximate surface area is 209 Å². The van der Waals surface area contributed by atoms with Crippen molar-refractivity contribution in [3.05, 3.63) is 64.7 Å². The van der Waals surface area contributed by atoms with E-state index in [0.717, 1.165) is 44.1 Å². The third-order valence-electron chi connectivity index (χ3n) is 5.98. The first-order valence-corrected chi connectivity index (χ1v) is 13.5. The molecule has 0 aromatic heterocycles. The van der Waals surface area contributed by atoms with Gasteiger partial charge < -0.3 is 10.2 Å². The summed E-state index contributed by atoms with van der Waals surface area (Å²) < 4.78 is 52.8. The lowest BCUT2D eigenvalue weighted by Gasteiger charge is -2.32. The minimum absolute atomic E-state index is 0.00593. The predicted molar refractivity (Wildman–Crippen MR) is 130 cm³/mol. The summed E-state index contributed by atoms with van der Waals surface area (Å²) in [7, 11) is -4.05. The number of benzene rings is 2. The van der Waals surface area contributed by atoms with Crippen molar-refractivity contribution in [2.75, 3.05) is 17.1 Å². The summed E-state index contributed by atoms with van der Waals surface area (Å²) in [5, 5.41) is 3.40. The SMILES string of the molecule is CC(C(=O)NC1CCCC1)N(Cc1cccc(Cl)c1)C(=O)CN(c1ccc(F)c(F)c1)S(C)(=O)=O. The largest absolute Gasteiger partial charge is 0.352 e. The minimum Gasteiger partial charge on any atom is -0.352 e. The molecule has 1 aliphatic rings. The Morgan fingerprint density at radius 2 is 1.80 bits per heavy atom. The Kier molecular flexibility index (Phi) is 8.71. The van der Waals surface area contributed by atoms with Crippen molar-refractivity contribution in [3.8, 4) is 0 Å². The first-order valence-electron chi connectivity index (χ1n) is 11.2. The Balaban J connectivity index is 1.89. The maximum Gasteiger partial charge on any atom is 0.244 e. The molecule has 0 radical (unpaired) electrons. The van der Waals surface area contributed by atoms with Crippen LogP contribution in [-0.2, 0) is 26.2 Å². The van der Waals surface area contributed by atoms with Crippen LogP contribution in [0.2, 0.25) is 5.02 Å². The molecule has 1 fully saturated rings. The molecule has 2 aromatic carbocycles. The minimum atomic E-state index is -4.05. The fourth-order valence-electron chi connectivity index (χ4n) is 4.06. The van der Waals surface area contributed by atoms with Gasteiger partial charge >= 0.3 is 0 Å². The zero-order chi connectivity index (χ0) is 25.8. The molecule has 1 atom stereocenters. The molecule has 35 heavy (non-hydrogen) atoms. The summed E-state index contributed by atoms with van der Waals surface area (Å²) in [5.41, 5.74) is 0.440. The third kappa shape index (κ3) is 7.14. The number of carbonyl (C=O) groups excluding carboxylic acids is 2. The predicted octanol–water partition coefficient (Wildman–Crippen LogP) is 3.86. The van der Waals surface area contributed by atoms with Gasteiger partial charge in [-0.2, -0.15) is 0 Å². The molecule has 1 aliphatic carbocycles. The average molecular weight is 528 g/mol. The van der Waals surface area contributed by atoms with Crippen molar-refractivity contribution >= 4 is 39.1 Å². The third-order valence-corrected chi connectivity index (χ3v) is 7.36. The number of hydrogen-bond acceptors (Lipinski definition) is 4. The number of carbonyl (C=O) groups is 2. The number of amides is 2. The molecular weight excluding hydrogens is 500 g/mol. The van der Waals surface area contributed by atoms with Gasteiger partial charge in [-0.15, -0.1) is 0 Å². The van der Waals surface area contributed by atoms with E-state index >= 15 is 0 Å². The standard InChI is InChI=1S/C24H28ClF2N3O4S/c1-16(24(32)28-19-8-3-4-9-19)29(14-17-6-5-7-18(25)12-17)23(31)15-30(35(2,33)34)20-10-11-21(26)22(27)13-20/h5-7,10-13,16,19H,3-4,8-9,14-15H2,1-2H3,(H,28,32). The molecule has 1 N–H and O–H groups in total. The molecule has 2 aromatic rings. The van der Waals surface area contributed by atoms with E-state index in [2.05, 4.69) is 5.32 Å². The van der Waals surface area contributed by atoms with Gasteiger partial charge in [0.15, 0.2) is 11.6 Å². The van der Waals surface area contributed by atoms with E-state index in [4.69, 9.17) is 11.6 Å². The summed E-state index contributed by atoms with van der Waals surface area (Å²) in [6.45, 7) is 0.856. The van der Waals surface area contributed by atoms with E-state index in [-0.39, 0.29) is 24.2 Å². The summed E-state index contributed by atoms with van der Waals surface area (Å²) in [5.74, 6) is -3.43. The fraction of sp³-hybridized carbons (Fsp3) is 0.417. The smallest absolute Gasteiger partial charge is 0.244 e. The molecule has 0 aliphatic heterocycles. The van der Waals surface area contributed by atoms with Crippen molar-refractivity contribution in [1.29, 1.82) is 0 Å². The van der Waals surface area contributed by atoms with E-state index in [1.165, 1.54) is 4.90 Å². The van der Waals surface area contributed by atoms with Gasteiger partial charge in [0.25, 0.3) is 0 Å². The first kappa shape index (κ1) is 26.9. The zero-order valence-electron chi connectivity index (χ0n) is 19.5. The van der Waals surface area contributed by atoms with Crippen molar-refractivity contribution in [2.45, 2.75) is 51.2 Å². The van der Waals surface area contributed by atoms with E-state index in [1.807, 2.05) is 0 Å². The van der Waals surface area contributed by atoms with Gasteiger partial charge in [0.2, 0.25) is 21.8 Å². The Morgan fingerprint density at radius 1 is 1.11 bits per heavy atom. The Bertz CT molecular complexity index is 1190. The summed E-state index contributed by atoms with van der Waals surface area (Å²) >= 11 is 6.08. The summed E-state index contributed by atoms with van der Waals surface area (Å²) in [6, 6.07) is 8.43. The van der Waals surface area contributed by atoms with E-state index in [1.54, 1.807) is 31.2 Å². The molecule has 0 saturated heterocycles. The molecule has 11 heteroatoms. The second-order valence-electron chi connectivity index (χ2n) is 8.69. The van der Waals surface area contributed by atoms with Crippen LogP contribution in [0.4, 0.5) is 14.5 Å². The maximum absolute atomic E-state index is 13.8. The van der Waals surface area contributed by atoms with E-state index < -0.39 is 40.2 Å². The Morgan fingerprint density at radius 3 is 2.40 bits per heavy atom. The second kappa shape index (κ2) is 11.3. The summed E-state index contributed by atoms with van der Waals surface area (Å²) in [6.07, 6.45) is 4.61. The van der Waals surface area contributed by atoms with E-state index in [0.29, 0.717) is 21.0 Å². The molecular formula is C24H28ClF2N3O4S. The molecule has 3 rings (SSSR count). The van der Waals surface area contributed by atoms with Crippen LogP contribution >= 0.6 is 11.6 Å². The Hall–Kier alpha value is -2.72. The lowest BCUT2D eigenvalue weighted by atomic mass is 10.1. The van der Waals surface area contributed by atoms with Crippen molar-refractivity contribution in [1.82, 2.24) is 10.2 Å². The monoisotopic (exact) mass is 527 g/mol. The van der Waals surface area contributed by atoms with Crippen LogP contribution in [0, 0.1) is 11.6 Å². The number of nitrogens with one attached hydrogen (secondary N) is 1. The highest BCUT2D eigenvalue weighted by Crippen LogP contribution is 2.23. The van der Waals surface area contributed by atoms with Gasteiger partial charge in [-0.05, 0) is 49.6 Å². The number of halogens is 3. The van der Waals surface area contributed by atoms with Crippen LogP contribution < -0.4 is 9.62 Å². The molecule has 7 nitrogen and oxygen atoms in total. The number of anilines is 1. The molecule has 0 heterocycles. The summed E-state index contributed by atoms with van der Waals surface area (Å²) in [4.78, 5) is 27.7. The molecule has 190 valence electrons. The van der Waals surface area contributed by atoms with Crippen LogP contribution in [-0.4, -0.2) is 50.0 Å². The maximum atomic E-state index is 13.8. The quantitative estimate of drug-likeness (QED) is 0.536. The van der Waals surface area contributed by atoms with Gasteiger partial charge in [-0.25, -0.2) is 17.2 Å². The number of nitrogens with zero attached hydrogens (tertiary/aromatic N) is 2. The molecule has 0 spiro atoms. The van der Waals surface area contributed by atoms with Crippen LogP contribution in [0.5, 0.6) is 0 Å². The van der Waals surface area contributed by atoms with Crippen LogP contribution in [0.1, 0.15) is 38.2 Å². The first-order chi connectivity index (χ1) is 16.5. The lowest BCUT2D eigenvalue weighted by Crippen LogP contribution is -2.52. The number of rotatable bonds is 9. The van der Waals surface area contributed by atoms with Crippen molar-refractivity contribution < 1.29 is 26.8 Å². The van der Waals surface area contributed by atoms with Gasteiger partial charge in [-0.1, -0.05) is 36.6 Å². The molecule has 1 saturated carbocycles. The highest BCUT2D eigenvalue weighted by molar-refractivity contribution is 7.92. The van der Waals surface area contributed by atoms with Crippen LogP contribution in [0.3, 0.4) is 0 Å². The van der Waals surface area contributed by atoms with Crippen molar-refractivity contribution in [2.24, 2.45) is 0 Å². The second-order valence-corrected chi connectivity index (χ2v) is 11.0. The molecule has 1 unspecified atom stereocenters. The number of sulfonamides is 1. The zero-order valence-corrected chi connectivity index (χ0v) is 21.1. The topological polar surface area (TPSA) is 86.8 Å². The highest BCUT2D eigenvalue weighted by atomic mass is 35.5. The van der Waals surface area contributed by atoms with Crippen LogP contribution in [0.15, 0.2) is 42.5 Å². The fourth-order valence-corrected chi connectivity index (χ4v) is 5.11. The highest BCUT2D eigenvalue weighted by Gasteiger charge is 2.31. The van der Waals surface area contributed by atoms with Gasteiger partial charge in [-0.3, -0.25) is 13.9 Å². The average Bonchev–Trinajstić information content (AvgIpc) is 3.29. The lowest BCUT2D eigenvalue weighted by molar-refractivity contribution is -0.139. The van der Waals surface area contributed by atoms with Gasteiger partial charge in [0, 0.05) is 23.7 Å². The van der Waals surface area contributed by atoms with Crippen molar-refractivity contribution in [3.63, 3.8) is 0 Å².